The fourth-order valence-electron chi connectivity index (χ4n) is 4.85. The Balaban J connectivity index is 1.20. The fraction of sp³-hybridized carbons (Fsp3) is 0.241. The molecule has 3 aromatic rings. The fourth-order valence-corrected chi connectivity index (χ4v) is 4.85. The molecule has 0 radical (unpaired) electrons. The number of rotatable bonds is 6. The van der Waals surface area contributed by atoms with Crippen molar-refractivity contribution in [2.24, 2.45) is 5.92 Å². The molecule has 0 bridgehead atoms. The lowest BCUT2D eigenvalue weighted by Gasteiger charge is -2.31. The molecule has 1 N–H and O–H groups in total. The minimum atomic E-state index is -0.424. The summed E-state index contributed by atoms with van der Waals surface area (Å²) in [6.07, 6.45) is 1.50. The number of hydrogen-bond acceptors (Lipinski definition) is 4. The normalized spacial score (nSPS) is 15.6. The summed E-state index contributed by atoms with van der Waals surface area (Å²) in [6, 6.07) is 20.0. The number of anilines is 1. The number of fused-ring (bicyclic) bond motifs is 1. The van der Waals surface area contributed by atoms with E-state index in [1.165, 1.54) is 29.2 Å². The highest BCUT2D eigenvalue weighted by Crippen LogP contribution is 2.26. The monoisotopic (exact) mass is 499 g/mol. The van der Waals surface area contributed by atoms with E-state index < -0.39 is 11.7 Å². The first kappa shape index (κ1) is 24.4. The number of carbonyl (C=O) groups is 4. The van der Waals surface area contributed by atoms with Crippen molar-refractivity contribution < 1.29 is 23.6 Å². The SMILES string of the molecule is O=C(Nc1cccc(F)c1)C1CCN(C(=O)c2ccc3c(c2)C(=O)N(CCc2ccccc2)C3=O)CC1. The minimum absolute atomic E-state index is 0.199. The summed E-state index contributed by atoms with van der Waals surface area (Å²) in [5.41, 5.74) is 2.32. The zero-order chi connectivity index (χ0) is 25.9. The Kier molecular flexibility index (Phi) is 6.81. The number of carbonyl (C=O) groups excluding carboxylic acids is 4. The van der Waals surface area contributed by atoms with E-state index in [-0.39, 0.29) is 35.7 Å². The lowest BCUT2D eigenvalue weighted by molar-refractivity contribution is -0.121. The standard InChI is InChI=1S/C29H26FN3O4/c30-22-7-4-8-23(18-22)31-26(34)20-12-14-32(15-13-20)27(35)21-9-10-24-25(17-21)29(37)33(28(24)36)16-11-19-5-2-1-3-6-19/h1-10,17-18,20H,11-16H2,(H,31,34). The summed E-state index contributed by atoms with van der Waals surface area (Å²) in [4.78, 5) is 54.4. The number of nitrogens with one attached hydrogen (secondary N) is 1. The van der Waals surface area contributed by atoms with Crippen LogP contribution in [0.25, 0.3) is 0 Å². The predicted octanol–water partition coefficient (Wildman–Crippen LogP) is 4.16. The van der Waals surface area contributed by atoms with E-state index in [9.17, 15) is 23.6 Å². The van der Waals surface area contributed by atoms with Crippen LogP contribution in [0.5, 0.6) is 0 Å². The van der Waals surface area contributed by atoms with Crippen molar-refractivity contribution in [3.8, 4) is 0 Å². The van der Waals surface area contributed by atoms with Gasteiger partial charge in [0.2, 0.25) is 5.91 Å². The van der Waals surface area contributed by atoms with Gasteiger partial charge >= 0.3 is 0 Å². The summed E-state index contributed by atoms with van der Waals surface area (Å²) in [5.74, 6) is -1.89. The average Bonchev–Trinajstić information content (AvgIpc) is 3.16. The number of amides is 4. The van der Waals surface area contributed by atoms with Crippen LogP contribution in [0.1, 0.15) is 49.5 Å². The highest BCUT2D eigenvalue weighted by atomic mass is 19.1. The molecule has 2 aliphatic heterocycles. The molecule has 0 atom stereocenters. The minimum Gasteiger partial charge on any atom is -0.339 e. The van der Waals surface area contributed by atoms with E-state index in [1.807, 2.05) is 30.3 Å². The van der Waals surface area contributed by atoms with Gasteiger partial charge in [-0.2, -0.15) is 0 Å². The van der Waals surface area contributed by atoms with E-state index in [2.05, 4.69) is 5.32 Å². The molecule has 188 valence electrons. The number of piperidine rings is 1. The van der Waals surface area contributed by atoms with Crippen LogP contribution >= 0.6 is 0 Å². The van der Waals surface area contributed by atoms with E-state index in [1.54, 1.807) is 23.1 Å². The zero-order valence-corrected chi connectivity index (χ0v) is 20.2. The molecule has 7 nitrogen and oxygen atoms in total. The van der Waals surface area contributed by atoms with Gasteiger partial charge in [0, 0.05) is 36.8 Å². The third-order valence-corrected chi connectivity index (χ3v) is 6.93. The molecule has 2 aliphatic rings. The number of benzene rings is 3. The lowest BCUT2D eigenvalue weighted by atomic mass is 9.95. The van der Waals surface area contributed by atoms with Crippen molar-refractivity contribution in [2.45, 2.75) is 19.3 Å². The maximum atomic E-state index is 13.4. The average molecular weight is 500 g/mol. The van der Waals surface area contributed by atoms with Crippen molar-refractivity contribution in [3.63, 3.8) is 0 Å². The smallest absolute Gasteiger partial charge is 0.261 e. The van der Waals surface area contributed by atoms with Crippen molar-refractivity contribution in [2.75, 3.05) is 25.0 Å². The first-order valence-corrected chi connectivity index (χ1v) is 12.3. The van der Waals surface area contributed by atoms with Gasteiger partial charge in [-0.25, -0.2) is 4.39 Å². The Morgan fingerprint density at radius 3 is 2.32 bits per heavy atom. The van der Waals surface area contributed by atoms with Gasteiger partial charge in [-0.15, -0.1) is 0 Å². The molecule has 1 fully saturated rings. The van der Waals surface area contributed by atoms with Crippen LogP contribution in [0.2, 0.25) is 0 Å². The Morgan fingerprint density at radius 2 is 1.59 bits per heavy atom. The van der Waals surface area contributed by atoms with E-state index in [0.717, 1.165) is 5.56 Å². The molecule has 0 aromatic heterocycles. The van der Waals surface area contributed by atoms with Gasteiger partial charge in [-0.05, 0) is 61.2 Å². The van der Waals surface area contributed by atoms with Crippen molar-refractivity contribution >= 4 is 29.3 Å². The maximum Gasteiger partial charge on any atom is 0.261 e. The molecule has 0 aliphatic carbocycles. The molecule has 0 unspecified atom stereocenters. The second-order valence-corrected chi connectivity index (χ2v) is 9.32. The van der Waals surface area contributed by atoms with E-state index in [4.69, 9.17) is 0 Å². The van der Waals surface area contributed by atoms with Crippen LogP contribution in [0.3, 0.4) is 0 Å². The van der Waals surface area contributed by atoms with Crippen LogP contribution in [-0.2, 0) is 11.2 Å². The molecule has 1 saturated heterocycles. The molecule has 37 heavy (non-hydrogen) atoms. The number of likely N-dealkylation sites (tertiary alicyclic amines) is 1. The zero-order valence-electron chi connectivity index (χ0n) is 20.2. The Labute approximate surface area is 213 Å². The van der Waals surface area contributed by atoms with Crippen LogP contribution in [-0.4, -0.2) is 53.1 Å². The second kappa shape index (κ2) is 10.3. The topological polar surface area (TPSA) is 86.8 Å². The van der Waals surface area contributed by atoms with Gasteiger partial charge < -0.3 is 10.2 Å². The first-order valence-electron chi connectivity index (χ1n) is 12.3. The van der Waals surface area contributed by atoms with Crippen molar-refractivity contribution in [3.05, 3.63) is 101 Å². The summed E-state index contributed by atoms with van der Waals surface area (Å²) in [6.45, 7) is 1.03. The lowest BCUT2D eigenvalue weighted by Crippen LogP contribution is -2.41. The van der Waals surface area contributed by atoms with Crippen molar-refractivity contribution in [1.29, 1.82) is 0 Å². The van der Waals surface area contributed by atoms with Crippen LogP contribution in [0.15, 0.2) is 72.8 Å². The number of hydrogen-bond donors (Lipinski definition) is 1. The summed E-state index contributed by atoms with van der Waals surface area (Å²) in [7, 11) is 0. The molecule has 4 amide bonds. The molecule has 2 heterocycles. The Bertz CT molecular complexity index is 1370. The van der Waals surface area contributed by atoms with Gasteiger partial charge in [0.15, 0.2) is 0 Å². The third kappa shape index (κ3) is 5.14. The summed E-state index contributed by atoms with van der Waals surface area (Å²) in [5, 5.41) is 2.73. The Hall–Kier alpha value is -4.33. The predicted molar refractivity (Wildman–Crippen MR) is 136 cm³/mol. The number of halogens is 1. The van der Waals surface area contributed by atoms with Crippen LogP contribution in [0.4, 0.5) is 10.1 Å². The molecular weight excluding hydrogens is 473 g/mol. The second-order valence-electron chi connectivity index (χ2n) is 9.32. The quantitative estimate of drug-likeness (QED) is 0.516. The molecule has 3 aromatic carbocycles. The highest BCUT2D eigenvalue weighted by Gasteiger charge is 2.36. The summed E-state index contributed by atoms with van der Waals surface area (Å²) < 4.78 is 13.4. The van der Waals surface area contributed by atoms with E-state index >= 15 is 0 Å². The molecule has 8 heteroatoms. The van der Waals surface area contributed by atoms with Crippen molar-refractivity contribution in [1.82, 2.24) is 9.80 Å². The molecular formula is C29H26FN3O4. The molecule has 0 spiro atoms. The van der Waals surface area contributed by atoms with Gasteiger partial charge in [0.25, 0.3) is 17.7 Å². The third-order valence-electron chi connectivity index (χ3n) is 6.93. The van der Waals surface area contributed by atoms with Crippen LogP contribution in [0, 0.1) is 11.7 Å². The number of nitrogens with zero attached hydrogens (tertiary/aromatic N) is 2. The number of imide groups is 1. The first-order chi connectivity index (χ1) is 17.9. The highest BCUT2D eigenvalue weighted by molar-refractivity contribution is 6.22. The molecule has 0 saturated carbocycles. The largest absolute Gasteiger partial charge is 0.339 e. The van der Waals surface area contributed by atoms with Crippen LogP contribution < -0.4 is 5.32 Å². The van der Waals surface area contributed by atoms with Gasteiger partial charge in [0.05, 0.1) is 11.1 Å². The van der Waals surface area contributed by atoms with Gasteiger partial charge in [-0.3, -0.25) is 24.1 Å². The summed E-state index contributed by atoms with van der Waals surface area (Å²) >= 11 is 0. The maximum absolute atomic E-state index is 13.4. The van der Waals surface area contributed by atoms with E-state index in [0.29, 0.717) is 49.2 Å². The van der Waals surface area contributed by atoms with Gasteiger partial charge in [-0.1, -0.05) is 36.4 Å². The van der Waals surface area contributed by atoms with Gasteiger partial charge in [0.1, 0.15) is 5.82 Å². The molecule has 5 rings (SSSR count). The Morgan fingerprint density at radius 1 is 0.865 bits per heavy atom.